The van der Waals surface area contributed by atoms with E-state index in [-0.39, 0.29) is 30.4 Å². The van der Waals surface area contributed by atoms with Crippen LogP contribution in [0.15, 0.2) is 15.8 Å². The lowest BCUT2D eigenvalue weighted by molar-refractivity contribution is 0.180. The molecule has 0 amide bonds. The van der Waals surface area contributed by atoms with Crippen molar-refractivity contribution >= 4 is 11.0 Å². The van der Waals surface area contributed by atoms with Gasteiger partial charge in [0.2, 0.25) is 0 Å². The van der Waals surface area contributed by atoms with Crippen LogP contribution >= 0.6 is 0 Å². The summed E-state index contributed by atoms with van der Waals surface area (Å²) in [5.74, 6) is 0. The second kappa shape index (κ2) is 5.66. The molecule has 110 valence electrons. The standard InChI is InChI=1S/C14H21N3O3/c1-9-8-15-12-11(9)13(19)17(14(20)16(12)3)7-5-4-6-10(2)18/h8,10,15,18H,4-7H2,1-3H3/i1D3,2D3,3D3,8D. The Hall–Kier alpha value is -1.82. The number of unbranched alkanes of at least 4 members (excludes halogenated alkanes) is 1. The summed E-state index contributed by atoms with van der Waals surface area (Å²) in [5, 5.41) is 8.97. The van der Waals surface area contributed by atoms with Gasteiger partial charge in [0.05, 0.1) is 12.9 Å². The molecule has 0 saturated heterocycles. The molecule has 0 fully saturated rings. The minimum absolute atomic E-state index is 0.0516. The molecular formula is C14H21N3O3. The largest absolute Gasteiger partial charge is 0.393 e. The van der Waals surface area contributed by atoms with Crippen LogP contribution in [0.4, 0.5) is 0 Å². The topological polar surface area (TPSA) is 80.0 Å². The Balaban J connectivity index is 2.58. The van der Waals surface area contributed by atoms with Crippen molar-refractivity contribution in [3.8, 4) is 0 Å². The second-order valence-corrected chi connectivity index (χ2v) is 4.43. The van der Waals surface area contributed by atoms with E-state index in [9.17, 15) is 14.7 Å². The van der Waals surface area contributed by atoms with Crippen molar-refractivity contribution in [1.82, 2.24) is 14.1 Å². The number of nitrogens with zero attached hydrogens (tertiary/aromatic N) is 2. The molecule has 2 heterocycles. The zero-order valence-corrected chi connectivity index (χ0v) is 10.6. The molecule has 0 aromatic carbocycles. The first kappa shape index (κ1) is 6.30. The lowest BCUT2D eigenvalue weighted by Crippen LogP contribution is -2.39. The number of hydrogen-bond donors (Lipinski definition) is 2. The van der Waals surface area contributed by atoms with Gasteiger partial charge in [0.25, 0.3) is 5.56 Å². The highest BCUT2D eigenvalue weighted by Gasteiger charge is 2.13. The van der Waals surface area contributed by atoms with E-state index < -0.39 is 60.8 Å². The van der Waals surface area contributed by atoms with E-state index >= 15 is 0 Å². The van der Waals surface area contributed by atoms with Crippen molar-refractivity contribution in [1.29, 1.82) is 0 Å². The maximum absolute atomic E-state index is 12.9. The Labute approximate surface area is 130 Å². The van der Waals surface area contributed by atoms with Crippen molar-refractivity contribution in [2.45, 2.75) is 45.6 Å². The van der Waals surface area contributed by atoms with Crippen molar-refractivity contribution in [3.05, 3.63) is 32.6 Å². The highest BCUT2D eigenvalue weighted by Crippen LogP contribution is 2.10. The third-order valence-electron chi connectivity index (χ3n) is 3.01. The van der Waals surface area contributed by atoms with E-state index in [0.29, 0.717) is 4.57 Å². The zero-order chi connectivity index (χ0) is 23.2. The van der Waals surface area contributed by atoms with Crippen LogP contribution in [-0.4, -0.2) is 25.3 Å². The van der Waals surface area contributed by atoms with E-state index in [0.717, 1.165) is 0 Å². The van der Waals surface area contributed by atoms with E-state index in [4.69, 9.17) is 13.7 Å². The molecule has 1 atom stereocenters. The average Bonchev–Trinajstić information content (AvgIpc) is 2.88. The summed E-state index contributed by atoms with van der Waals surface area (Å²) in [5.41, 5.74) is -3.54. The predicted octanol–water partition coefficient (Wildman–Crippen LogP) is 0.888. The first-order valence-corrected chi connectivity index (χ1v) is 6.05. The summed E-state index contributed by atoms with van der Waals surface area (Å²) in [4.78, 5) is 27.8. The molecule has 2 aromatic heterocycles. The van der Waals surface area contributed by atoms with Crippen molar-refractivity contribution in [2.24, 2.45) is 6.98 Å². The summed E-state index contributed by atoms with van der Waals surface area (Å²) in [7, 11) is 0. The van der Waals surface area contributed by atoms with Crippen LogP contribution in [0.2, 0.25) is 0 Å². The number of aromatic amines is 1. The lowest BCUT2D eigenvalue weighted by atomic mass is 10.2. The molecule has 0 aliphatic rings. The highest BCUT2D eigenvalue weighted by molar-refractivity contribution is 5.78. The van der Waals surface area contributed by atoms with Gasteiger partial charge in [0.15, 0.2) is 0 Å². The summed E-state index contributed by atoms with van der Waals surface area (Å²) in [6.07, 6.45) is -2.26. The van der Waals surface area contributed by atoms with Crippen LogP contribution in [-0.2, 0) is 13.5 Å². The number of H-pyrrole nitrogens is 1. The fraction of sp³-hybridized carbons (Fsp3) is 0.571. The van der Waals surface area contributed by atoms with Crippen LogP contribution in [0.1, 0.15) is 45.4 Å². The Kier molecular flexibility index (Phi) is 1.78. The van der Waals surface area contributed by atoms with Gasteiger partial charge in [-0.15, -0.1) is 0 Å². The Morgan fingerprint density at radius 3 is 3.05 bits per heavy atom. The number of aliphatic hydroxyl groups is 1. The maximum Gasteiger partial charge on any atom is 0.332 e. The predicted molar refractivity (Wildman–Crippen MR) is 78.1 cm³/mol. The zero-order valence-electron chi connectivity index (χ0n) is 20.6. The SMILES string of the molecule is [2H]c1[nH]c2c(c1C([2H])([2H])[2H])c(=O)n(CCCCC(O)C([2H])([2H])[2H])c(=O)n2C([2H])([2H])[2H]. The van der Waals surface area contributed by atoms with Gasteiger partial charge in [-0.05, 0) is 38.5 Å². The van der Waals surface area contributed by atoms with Crippen LogP contribution in [0, 0.1) is 6.85 Å². The first-order valence-electron chi connectivity index (χ1n) is 11.0. The summed E-state index contributed by atoms with van der Waals surface area (Å²) in [6, 6.07) is 0. The summed E-state index contributed by atoms with van der Waals surface area (Å²) >= 11 is 0. The number of hydrogen-bond acceptors (Lipinski definition) is 3. The van der Waals surface area contributed by atoms with Gasteiger partial charge >= 0.3 is 5.69 Å². The molecule has 6 heteroatoms. The van der Waals surface area contributed by atoms with Gasteiger partial charge in [-0.2, -0.15) is 0 Å². The number of aromatic nitrogens is 3. The Morgan fingerprint density at radius 1 is 1.50 bits per heavy atom. The van der Waals surface area contributed by atoms with Gasteiger partial charge in [0, 0.05) is 32.0 Å². The molecule has 2 N–H and O–H groups in total. The normalized spacial score (nSPS) is 22.2. The van der Waals surface area contributed by atoms with Crippen LogP contribution < -0.4 is 11.2 Å². The van der Waals surface area contributed by atoms with Crippen molar-refractivity contribution in [2.75, 3.05) is 0 Å². The second-order valence-electron chi connectivity index (χ2n) is 4.43. The Bertz CT molecular complexity index is 1040. The third-order valence-corrected chi connectivity index (χ3v) is 3.01. The lowest BCUT2D eigenvalue weighted by Gasteiger charge is -2.09. The molecule has 0 radical (unpaired) electrons. The van der Waals surface area contributed by atoms with Gasteiger partial charge < -0.3 is 10.1 Å². The molecule has 2 rings (SSSR count). The van der Waals surface area contributed by atoms with Gasteiger partial charge in [0.1, 0.15) is 5.65 Å². The number of aliphatic hydroxyl groups excluding tert-OH is 1. The van der Waals surface area contributed by atoms with Gasteiger partial charge in [-0.1, -0.05) is 0 Å². The minimum atomic E-state index is -3.06. The summed E-state index contributed by atoms with van der Waals surface area (Å²) < 4.78 is 75.5. The van der Waals surface area contributed by atoms with Crippen molar-refractivity contribution in [3.63, 3.8) is 0 Å². The third kappa shape index (κ3) is 2.56. The van der Waals surface area contributed by atoms with Gasteiger partial charge in [-0.3, -0.25) is 13.9 Å². The monoisotopic (exact) mass is 289 g/mol. The quantitative estimate of drug-likeness (QED) is 0.802. The molecule has 20 heavy (non-hydrogen) atoms. The van der Waals surface area contributed by atoms with Crippen LogP contribution in [0.5, 0.6) is 0 Å². The van der Waals surface area contributed by atoms with Gasteiger partial charge in [-0.25, -0.2) is 4.79 Å². The molecule has 0 saturated carbocycles. The smallest absolute Gasteiger partial charge is 0.332 e. The number of nitrogens with one attached hydrogen (secondary N) is 1. The molecule has 6 nitrogen and oxygen atoms in total. The maximum atomic E-state index is 12.9. The number of aryl methyl sites for hydroxylation is 2. The minimum Gasteiger partial charge on any atom is -0.393 e. The Morgan fingerprint density at radius 2 is 2.35 bits per heavy atom. The molecular weight excluding hydrogens is 258 g/mol. The molecule has 2 aromatic rings. The summed E-state index contributed by atoms with van der Waals surface area (Å²) in [6.45, 7) is -8.87. The fourth-order valence-corrected chi connectivity index (χ4v) is 1.98. The fourth-order valence-electron chi connectivity index (χ4n) is 1.98. The molecule has 0 aliphatic heterocycles. The van der Waals surface area contributed by atoms with Crippen LogP contribution in [0.25, 0.3) is 11.0 Å². The van der Waals surface area contributed by atoms with E-state index in [1.165, 1.54) is 0 Å². The molecule has 1 unspecified atom stereocenters. The molecule has 0 spiro atoms. The van der Waals surface area contributed by atoms with E-state index in [1.54, 1.807) is 0 Å². The first-order chi connectivity index (χ1) is 13.5. The highest BCUT2D eigenvalue weighted by atomic mass is 16.3. The number of fused-ring (bicyclic) bond motifs is 1. The molecule has 0 aliphatic carbocycles. The van der Waals surface area contributed by atoms with E-state index in [2.05, 4.69) is 4.98 Å². The van der Waals surface area contributed by atoms with Crippen molar-refractivity contribution < 1.29 is 18.8 Å². The number of rotatable bonds is 5. The average molecular weight is 289 g/mol. The van der Waals surface area contributed by atoms with E-state index in [1.807, 2.05) is 0 Å². The molecule has 0 bridgehead atoms. The van der Waals surface area contributed by atoms with Crippen LogP contribution in [0.3, 0.4) is 0 Å².